The van der Waals surface area contributed by atoms with E-state index in [1.807, 2.05) is 20.8 Å². The number of carbonyl (C=O) groups is 1. The number of halogens is 2. The van der Waals surface area contributed by atoms with Crippen LogP contribution < -0.4 is 11.1 Å². The molecule has 2 rings (SSSR count). The van der Waals surface area contributed by atoms with Crippen molar-refractivity contribution in [2.45, 2.75) is 40.5 Å². The van der Waals surface area contributed by atoms with Gasteiger partial charge in [0.05, 0.1) is 5.69 Å². The third-order valence-electron chi connectivity index (χ3n) is 3.81. The van der Waals surface area contributed by atoms with Crippen molar-refractivity contribution in [3.8, 4) is 0 Å². The number of rotatable bonds is 4. The zero-order valence-electron chi connectivity index (χ0n) is 17.5. The van der Waals surface area contributed by atoms with Crippen molar-refractivity contribution < 1.29 is 9.18 Å². The average molecular weight is 412 g/mol. The Morgan fingerprint density at radius 2 is 2.04 bits per heavy atom. The van der Waals surface area contributed by atoms with E-state index in [0.29, 0.717) is 23.6 Å². The smallest absolute Gasteiger partial charge is 0.327 e. The van der Waals surface area contributed by atoms with Crippen molar-refractivity contribution in [2.75, 3.05) is 31.0 Å². The minimum Gasteiger partial charge on any atom is -0.396 e. The van der Waals surface area contributed by atoms with E-state index in [-0.39, 0.29) is 11.7 Å². The van der Waals surface area contributed by atoms with E-state index in [9.17, 15) is 9.18 Å². The maximum absolute atomic E-state index is 13.9. The summed E-state index contributed by atoms with van der Waals surface area (Å²) < 4.78 is 13.9. The summed E-state index contributed by atoms with van der Waals surface area (Å²) >= 11 is 4.64. The number of nitrogens with one attached hydrogen (secondary N) is 1. The first kappa shape index (κ1) is 25.6. The van der Waals surface area contributed by atoms with Crippen molar-refractivity contribution in [1.82, 2.24) is 4.90 Å². The summed E-state index contributed by atoms with van der Waals surface area (Å²) in [5.41, 5.74) is 7.55. The van der Waals surface area contributed by atoms with Crippen LogP contribution in [0, 0.1) is 5.82 Å². The molecule has 156 valence electrons. The molecule has 2 amide bonds. The number of nitrogens with two attached hydrogens (primary N) is 1. The summed E-state index contributed by atoms with van der Waals surface area (Å²) in [6, 6.07) is 2.44. The Labute approximate surface area is 172 Å². The summed E-state index contributed by atoms with van der Waals surface area (Å²) in [6.45, 7) is 8.40. The summed E-state index contributed by atoms with van der Waals surface area (Å²) in [6.07, 6.45) is 6.21. The van der Waals surface area contributed by atoms with Crippen molar-refractivity contribution in [3.63, 3.8) is 0 Å². The lowest BCUT2D eigenvalue weighted by Crippen LogP contribution is -2.32. The average Bonchev–Trinajstić information content (AvgIpc) is 3.12. The van der Waals surface area contributed by atoms with Gasteiger partial charge in [0.2, 0.25) is 0 Å². The van der Waals surface area contributed by atoms with Gasteiger partial charge in [0, 0.05) is 43.7 Å². The Hall–Kier alpha value is -2.41. The highest BCUT2D eigenvalue weighted by molar-refractivity contribution is 6.15. The zero-order chi connectivity index (χ0) is 21.7. The van der Waals surface area contributed by atoms with E-state index in [4.69, 9.17) is 5.73 Å². The molecule has 1 aliphatic heterocycles. The van der Waals surface area contributed by atoms with Crippen LogP contribution >= 0.6 is 11.6 Å². The molecule has 28 heavy (non-hydrogen) atoms. The standard InChI is InChI=1S/C17H22FN5O.C2H6.CH3Cl/c1-4-11-6-7-23(16(11)21-5-2)17(24)22-13-8-12(10-20-3)15(19)14(18)9-13;2*1-2/h5,8-10H,4,6-7,19H2,1-3H3,(H,22,24);1-2H3;1H3/b20-10?,21-5-;;. The van der Waals surface area contributed by atoms with Crippen LogP contribution in [0.25, 0.3) is 0 Å². The van der Waals surface area contributed by atoms with Gasteiger partial charge in [0.15, 0.2) is 0 Å². The van der Waals surface area contributed by atoms with Gasteiger partial charge >= 0.3 is 6.03 Å². The monoisotopic (exact) mass is 411 g/mol. The van der Waals surface area contributed by atoms with Crippen molar-refractivity contribution in [2.24, 2.45) is 9.98 Å². The number of urea groups is 1. The second-order valence-corrected chi connectivity index (χ2v) is 5.35. The van der Waals surface area contributed by atoms with E-state index >= 15 is 0 Å². The first-order chi connectivity index (χ1) is 13.5. The van der Waals surface area contributed by atoms with Crippen LogP contribution in [-0.4, -0.2) is 43.3 Å². The predicted octanol–water partition coefficient (Wildman–Crippen LogP) is 5.29. The molecule has 0 aliphatic carbocycles. The number of hydrogen-bond donors (Lipinski definition) is 2. The molecule has 3 N–H and O–H groups in total. The molecule has 0 aromatic heterocycles. The fraction of sp³-hybridized carbons (Fsp3) is 0.450. The summed E-state index contributed by atoms with van der Waals surface area (Å²) in [7, 11) is 1.57. The van der Waals surface area contributed by atoms with Crippen LogP contribution in [0.2, 0.25) is 0 Å². The Bertz CT molecular complexity index is 732. The Morgan fingerprint density at radius 1 is 1.39 bits per heavy atom. The fourth-order valence-electron chi connectivity index (χ4n) is 2.62. The maximum atomic E-state index is 13.9. The van der Waals surface area contributed by atoms with E-state index < -0.39 is 5.82 Å². The predicted molar refractivity (Wildman–Crippen MR) is 119 cm³/mol. The van der Waals surface area contributed by atoms with Gasteiger partial charge in [-0.2, -0.15) is 0 Å². The first-order valence-electron chi connectivity index (χ1n) is 9.20. The Morgan fingerprint density at radius 3 is 2.57 bits per heavy atom. The summed E-state index contributed by atoms with van der Waals surface area (Å²) in [5, 5.41) is 2.71. The molecule has 0 bridgehead atoms. The minimum atomic E-state index is -0.597. The third-order valence-corrected chi connectivity index (χ3v) is 3.81. The van der Waals surface area contributed by atoms with Crippen molar-refractivity contribution in [3.05, 3.63) is 34.9 Å². The summed E-state index contributed by atoms with van der Waals surface area (Å²) in [5.74, 6) is 0.0736. The molecular formula is C20H31ClFN5O. The number of benzene rings is 1. The quantitative estimate of drug-likeness (QED) is 0.401. The molecule has 1 heterocycles. The molecule has 0 radical (unpaired) electrons. The van der Waals surface area contributed by atoms with Gasteiger partial charge in [-0.3, -0.25) is 9.89 Å². The van der Waals surface area contributed by atoms with Crippen molar-refractivity contribution >= 4 is 41.4 Å². The Balaban J connectivity index is 0.00000171. The number of hydrogen-bond acceptors (Lipinski definition) is 4. The highest BCUT2D eigenvalue weighted by Crippen LogP contribution is 2.27. The molecule has 0 spiro atoms. The maximum Gasteiger partial charge on any atom is 0.327 e. The largest absolute Gasteiger partial charge is 0.396 e. The van der Waals surface area contributed by atoms with Gasteiger partial charge in [-0.15, -0.1) is 11.6 Å². The number of carbonyl (C=O) groups excluding carboxylic acids is 1. The van der Waals surface area contributed by atoms with E-state index in [1.54, 1.807) is 31.2 Å². The van der Waals surface area contributed by atoms with Crippen LogP contribution in [0.5, 0.6) is 0 Å². The molecule has 0 fully saturated rings. The molecule has 1 aromatic carbocycles. The SMILES string of the molecule is C/C=N\C1=C(CC)CCN1C(=O)Nc1cc(F)c(N)c(C=NC)c1.CC.CCl. The van der Waals surface area contributed by atoms with Crippen LogP contribution in [0.4, 0.5) is 20.6 Å². The number of amides is 2. The lowest BCUT2D eigenvalue weighted by molar-refractivity contribution is 0.228. The lowest BCUT2D eigenvalue weighted by Gasteiger charge is -2.19. The van der Waals surface area contributed by atoms with Crippen LogP contribution in [0.3, 0.4) is 0 Å². The molecular weight excluding hydrogens is 381 g/mol. The van der Waals surface area contributed by atoms with E-state index in [2.05, 4.69) is 26.9 Å². The molecule has 6 nitrogen and oxygen atoms in total. The fourth-order valence-corrected chi connectivity index (χ4v) is 2.62. The van der Waals surface area contributed by atoms with Gasteiger partial charge in [0.25, 0.3) is 0 Å². The third kappa shape index (κ3) is 6.64. The molecule has 0 saturated carbocycles. The second-order valence-electron chi connectivity index (χ2n) is 5.35. The first-order valence-corrected chi connectivity index (χ1v) is 9.95. The Kier molecular flexibility index (Phi) is 12.5. The molecule has 1 aliphatic rings. The summed E-state index contributed by atoms with van der Waals surface area (Å²) in [4.78, 5) is 22.3. The second kappa shape index (κ2) is 13.7. The highest BCUT2D eigenvalue weighted by atomic mass is 35.5. The van der Waals surface area contributed by atoms with Gasteiger partial charge in [-0.1, -0.05) is 20.8 Å². The number of nitrogen functional groups attached to an aromatic ring is 1. The number of anilines is 2. The van der Waals surface area contributed by atoms with E-state index in [1.165, 1.54) is 18.7 Å². The number of nitrogens with zero attached hydrogens (tertiary/aromatic N) is 3. The van der Waals surface area contributed by atoms with Crippen LogP contribution in [-0.2, 0) is 0 Å². The highest BCUT2D eigenvalue weighted by Gasteiger charge is 2.26. The van der Waals surface area contributed by atoms with Gasteiger partial charge in [0.1, 0.15) is 11.6 Å². The topological polar surface area (TPSA) is 83.1 Å². The van der Waals surface area contributed by atoms with Gasteiger partial charge in [-0.05, 0) is 37.5 Å². The van der Waals surface area contributed by atoms with E-state index in [0.717, 1.165) is 18.4 Å². The zero-order valence-corrected chi connectivity index (χ0v) is 18.3. The normalized spacial score (nSPS) is 13.4. The lowest BCUT2D eigenvalue weighted by atomic mass is 10.1. The molecule has 1 aromatic rings. The molecule has 0 unspecified atom stereocenters. The van der Waals surface area contributed by atoms with Gasteiger partial charge in [-0.25, -0.2) is 14.2 Å². The minimum absolute atomic E-state index is 0.00390. The number of alkyl halides is 1. The van der Waals surface area contributed by atoms with Crippen LogP contribution in [0.15, 0.2) is 33.5 Å². The molecule has 8 heteroatoms. The van der Waals surface area contributed by atoms with Gasteiger partial charge < -0.3 is 11.1 Å². The number of aliphatic imine (C=N–C) groups is 2. The van der Waals surface area contributed by atoms with Crippen molar-refractivity contribution in [1.29, 1.82) is 0 Å². The molecule has 0 atom stereocenters. The van der Waals surface area contributed by atoms with Crippen LogP contribution in [0.1, 0.15) is 46.1 Å². The molecule has 0 saturated heterocycles.